The van der Waals surface area contributed by atoms with Gasteiger partial charge in [0, 0.05) is 31.7 Å². The summed E-state index contributed by atoms with van der Waals surface area (Å²) in [5, 5.41) is 12.3. The van der Waals surface area contributed by atoms with Crippen LogP contribution in [0.3, 0.4) is 0 Å². The van der Waals surface area contributed by atoms with Gasteiger partial charge in [0.1, 0.15) is 18.1 Å². The highest BCUT2D eigenvalue weighted by atomic mass is 16.5. The van der Waals surface area contributed by atoms with Crippen molar-refractivity contribution < 1.29 is 14.6 Å². The zero-order valence-electron chi connectivity index (χ0n) is 17.5. The van der Waals surface area contributed by atoms with E-state index in [4.69, 9.17) is 15.2 Å². The van der Waals surface area contributed by atoms with Crippen molar-refractivity contribution >= 4 is 16.5 Å². The van der Waals surface area contributed by atoms with E-state index in [0.717, 1.165) is 43.9 Å². The monoisotopic (exact) mass is 406 g/mol. The maximum Gasteiger partial charge on any atom is 0.119 e. The number of methoxy groups -OCH3 is 1. The number of aliphatic hydroxyl groups excluding tert-OH is 1. The van der Waals surface area contributed by atoms with Crippen LogP contribution in [-0.4, -0.2) is 44.6 Å². The Morgan fingerprint density at radius 1 is 1.00 bits per heavy atom. The number of ether oxygens (including phenoxy) is 2. The molecule has 0 unspecified atom stereocenters. The van der Waals surface area contributed by atoms with E-state index in [2.05, 4.69) is 41.3 Å². The largest absolute Gasteiger partial charge is 0.497 e. The van der Waals surface area contributed by atoms with Gasteiger partial charge < -0.3 is 25.2 Å². The summed E-state index contributed by atoms with van der Waals surface area (Å²) in [6.07, 6.45) is 2.27. The summed E-state index contributed by atoms with van der Waals surface area (Å²) in [7, 11) is 1.70. The molecule has 5 nitrogen and oxygen atoms in total. The third kappa shape index (κ3) is 4.53. The Hall–Kier alpha value is -2.76. The van der Waals surface area contributed by atoms with Crippen LogP contribution in [-0.2, 0) is 6.42 Å². The van der Waals surface area contributed by atoms with E-state index in [0.29, 0.717) is 13.2 Å². The van der Waals surface area contributed by atoms with Crippen LogP contribution in [0, 0.1) is 0 Å². The molecule has 3 N–H and O–H groups in total. The quantitative estimate of drug-likeness (QED) is 0.626. The van der Waals surface area contributed by atoms with Gasteiger partial charge in [-0.2, -0.15) is 0 Å². The number of anilines is 1. The molecule has 158 valence electrons. The van der Waals surface area contributed by atoms with Crippen molar-refractivity contribution in [2.75, 3.05) is 38.3 Å². The van der Waals surface area contributed by atoms with Gasteiger partial charge in [0.15, 0.2) is 0 Å². The Morgan fingerprint density at radius 2 is 1.73 bits per heavy atom. The fourth-order valence-corrected chi connectivity index (χ4v) is 4.16. The van der Waals surface area contributed by atoms with Crippen molar-refractivity contribution in [2.24, 2.45) is 5.73 Å². The first-order chi connectivity index (χ1) is 14.7. The Morgan fingerprint density at radius 3 is 2.43 bits per heavy atom. The average molecular weight is 407 g/mol. The molecule has 0 atom stereocenters. The third-order valence-electron chi connectivity index (χ3n) is 5.81. The molecule has 3 aromatic rings. The lowest BCUT2D eigenvalue weighted by Gasteiger charge is -2.33. The third-order valence-corrected chi connectivity index (χ3v) is 5.81. The molecule has 0 radical (unpaired) electrons. The van der Waals surface area contributed by atoms with Gasteiger partial charge in [0.05, 0.1) is 13.2 Å². The maximum atomic E-state index is 9.94. The topological polar surface area (TPSA) is 68.0 Å². The molecule has 5 heteroatoms. The van der Waals surface area contributed by atoms with Crippen molar-refractivity contribution in [1.82, 2.24) is 0 Å². The Kier molecular flexibility index (Phi) is 6.41. The Bertz CT molecular complexity index is 980. The van der Waals surface area contributed by atoms with Crippen molar-refractivity contribution in [2.45, 2.75) is 25.4 Å². The molecule has 0 aromatic heterocycles. The standard InChI is InChI=1S/C25H30N2O3/c1-29-22-7-8-23-19(17-22)4-9-25(27-13-10-20(28)11-14-27)24(23)16-18-2-5-21(6-3-18)30-15-12-26/h2-9,17,20,28H,10-16,26H2,1H3. The molecule has 3 aromatic carbocycles. The number of nitrogens with zero attached hydrogens (tertiary/aromatic N) is 1. The zero-order chi connectivity index (χ0) is 20.9. The first kappa shape index (κ1) is 20.5. The van der Waals surface area contributed by atoms with E-state index in [1.54, 1.807) is 7.11 Å². The minimum absolute atomic E-state index is 0.185. The van der Waals surface area contributed by atoms with Crippen molar-refractivity contribution in [3.8, 4) is 11.5 Å². The molecule has 1 fully saturated rings. The number of piperidine rings is 1. The first-order valence-corrected chi connectivity index (χ1v) is 10.6. The molecule has 0 bridgehead atoms. The predicted molar refractivity (Wildman–Crippen MR) is 122 cm³/mol. The molecule has 30 heavy (non-hydrogen) atoms. The van der Waals surface area contributed by atoms with Gasteiger partial charge in [-0.15, -0.1) is 0 Å². The molecule has 0 aliphatic carbocycles. The number of rotatable bonds is 7. The van der Waals surface area contributed by atoms with Crippen molar-refractivity contribution in [1.29, 1.82) is 0 Å². The Labute approximate surface area is 178 Å². The number of hydrogen-bond donors (Lipinski definition) is 2. The maximum absolute atomic E-state index is 9.94. The van der Waals surface area contributed by atoms with Crippen LogP contribution < -0.4 is 20.1 Å². The summed E-state index contributed by atoms with van der Waals surface area (Å²) < 4.78 is 11.0. The lowest BCUT2D eigenvalue weighted by molar-refractivity contribution is 0.145. The van der Waals surface area contributed by atoms with Crippen LogP contribution in [0.2, 0.25) is 0 Å². The van der Waals surface area contributed by atoms with Gasteiger partial charge in [0.25, 0.3) is 0 Å². The van der Waals surface area contributed by atoms with Crippen molar-refractivity contribution in [3.05, 3.63) is 65.7 Å². The number of benzene rings is 3. The summed E-state index contributed by atoms with van der Waals surface area (Å²) in [5.41, 5.74) is 9.32. The van der Waals surface area contributed by atoms with Gasteiger partial charge in [-0.3, -0.25) is 0 Å². The smallest absolute Gasteiger partial charge is 0.119 e. The van der Waals surface area contributed by atoms with E-state index in [1.807, 2.05) is 18.2 Å². The first-order valence-electron chi connectivity index (χ1n) is 10.6. The van der Waals surface area contributed by atoms with E-state index in [1.165, 1.54) is 27.6 Å². The van der Waals surface area contributed by atoms with E-state index >= 15 is 0 Å². The summed E-state index contributed by atoms with van der Waals surface area (Å²) in [6.45, 7) is 2.79. The second-order valence-electron chi connectivity index (χ2n) is 7.83. The van der Waals surface area contributed by atoms with Crippen LogP contribution in [0.25, 0.3) is 10.8 Å². The summed E-state index contributed by atoms with van der Waals surface area (Å²) in [5.74, 6) is 1.71. The lowest BCUT2D eigenvalue weighted by atomic mass is 9.94. The molecule has 1 aliphatic heterocycles. The normalized spacial score (nSPS) is 14.8. The van der Waals surface area contributed by atoms with Crippen LogP contribution >= 0.6 is 0 Å². The molecule has 0 spiro atoms. The fraction of sp³-hybridized carbons (Fsp3) is 0.360. The van der Waals surface area contributed by atoms with Gasteiger partial charge >= 0.3 is 0 Å². The second kappa shape index (κ2) is 9.37. The summed E-state index contributed by atoms with van der Waals surface area (Å²) >= 11 is 0. The number of fused-ring (bicyclic) bond motifs is 1. The molecule has 1 aliphatic rings. The predicted octanol–water partition coefficient (Wildman–Crippen LogP) is 3.74. The van der Waals surface area contributed by atoms with Gasteiger partial charge in [0.2, 0.25) is 0 Å². The van der Waals surface area contributed by atoms with Crippen LogP contribution in [0.15, 0.2) is 54.6 Å². The molecule has 4 rings (SSSR count). The van der Waals surface area contributed by atoms with Crippen LogP contribution in [0.1, 0.15) is 24.0 Å². The molecular formula is C25H30N2O3. The zero-order valence-corrected chi connectivity index (χ0v) is 17.5. The van der Waals surface area contributed by atoms with Crippen LogP contribution in [0.4, 0.5) is 5.69 Å². The molecule has 0 saturated carbocycles. The average Bonchev–Trinajstić information content (AvgIpc) is 2.79. The number of aliphatic hydroxyl groups is 1. The molecular weight excluding hydrogens is 376 g/mol. The highest BCUT2D eigenvalue weighted by Crippen LogP contribution is 2.34. The fourth-order valence-electron chi connectivity index (χ4n) is 4.16. The minimum atomic E-state index is -0.185. The number of nitrogens with two attached hydrogens (primary N) is 1. The van der Waals surface area contributed by atoms with E-state index in [-0.39, 0.29) is 6.10 Å². The summed E-state index contributed by atoms with van der Waals surface area (Å²) in [4.78, 5) is 2.41. The minimum Gasteiger partial charge on any atom is -0.497 e. The second-order valence-corrected chi connectivity index (χ2v) is 7.83. The highest BCUT2D eigenvalue weighted by molar-refractivity contribution is 5.91. The van der Waals surface area contributed by atoms with Crippen LogP contribution in [0.5, 0.6) is 11.5 Å². The van der Waals surface area contributed by atoms with E-state index < -0.39 is 0 Å². The van der Waals surface area contributed by atoms with Crippen molar-refractivity contribution in [3.63, 3.8) is 0 Å². The molecule has 0 amide bonds. The van der Waals surface area contributed by atoms with E-state index in [9.17, 15) is 5.11 Å². The van der Waals surface area contributed by atoms with Gasteiger partial charge in [-0.25, -0.2) is 0 Å². The number of hydrogen-bond acceptors (Lipinski definition) is 5. The van der Waals surface area contributed by atoms with Gasteiger partial charge in [-0.05, 0) is 65.1 Å². The lowest BCUT2D eigenvalue weighted by Crippen LogP contribution is -2.36. The SMILES string of the molecule is COc1ccc2c(Cc3ccc(OCCN)cc3)c(N3CCC(O)CC3)ccc2c1. The molecule has 1 saturated heterocycles. The summed E-state index contributed by atoms with van der Waals surface area (Å²) in [6, 6.07) is 18.9. The highest BCUT2D eigenvalue weighted by Gasteiger charge is 2.21. The van der Waals surface area contributed by atoms with Gasteiger partial charge in [-0.1, -0.05) is 24.3 Å². The Balaban J connectivity index is 1.70. The molecule has 1 heterocycles.